The van der Waals surface area contributed by atoms with Crippen molar-refractivity contribution >= 4 is 5.97 Å². The van der Waals surface area contributed by atoms with E-state index >= 15 is 0 Å². The molecule has 0 bridgehead atoms. The van der Waals surface area contributed by atoms with E-state index in [1.165, 1.54) is 14.0 Å². The second-order valence-electron chi connectivity index (χ2n) is 2.61. The Labute approximate surface area is 81.6 Å². The quantitative estimate of drug-likeness (QED) is 0.269. The molecule has 6 heteroatoms. The Balaban J connectivity index is 4.90. The lowest BCUT2D eigenvalue weighted by atomic mass is 9.96. The number of rotatable bonds is 5. The summed E-state index contributed by atoms with van der Waals surface area (Å²) in [5.41, 5.74) is -2.33. The van der Waals surface area contributed by atoms with Crippen LogP contribution in [0.3, 0.4) is 0 Å². The van der Waals surface area contributed by atoms with Gasteiger partial charge in [-0.1, -0.05) is 6.58 Å². The zero-order valence-corrected chi connectivity index (χ0v) is 8.31. The van der Waals surface area contributed by atoms with Crippen LogP contribution in [-0.4, -0.2) is 42.1 Å². The first kappa shape index (κ1) is 12.9. The van der Waals surface area contributed by atoms with Crippen LogP contribution in [0.15, 0.2) is 12.3 Å². The second kappa shape index (κ2) is 4.94. The lowest BCUT2D eigenvalue weighted by Gasteiger charge is -2.27. The van der Waals surface area contributed by atoms with Crippen molar-refractivity contribution in [1.82, 2.24) is 0 Å². The van der Waals surface area contributed by atoms with Gasteiger partial charge in [-0.05, 0) is 6.92 Å². The highest BCUT2D eigenvalue weighted by atomic mass is 17.2. The van der Waals surface area contributed by atoms with E-state index < -0.39 is 23.4 Å². The van der Waals surface area contributed by atoms with Gasteiger partial charge in [-0.15, -0.1) is 0 Å². The van der Waals surface area contributed by atoms with E-state index in [1.807, 2.05) is 0 Å². The highest BCUT2D eigenvalue weighted by molar-refractivity contribution is 5.83. The van der Waals surface area contributed by atoms with Gasteiger partial charge in [-0.2, -0.15) is 4.89 Å². The lowest BCUT2D eigenvalue weighted by molar-refractivity contribution is -0.264. The van der Waals surface area contributed by atoms with Crippen molar-refractivity contribution < 1.29 is 29.5 Å². The highest BCUT2D eigenvalue weighted by Gasteiger charge is 2.47. The molecule has 0 aromatic rings. The van der Waals surface area contributed by atoms with Gasteiger partial charge in [-0.3, -0.25) is 0 Å². The molecule has 0 heterocycles. The Hall–Kier alpha value is -1.11. The zero-order chi connectivity index (χ0) is 11.4. The average molecular weight is 206 g/mol. The van der Waals surface area contributed by atoms with Gasteiger partial charge >= 0.3 is 5.97 Å². The van der Waals surface area contributed by atoms with Gasteiger partial charge in [0.2, 0.25) is 5.60 Å². The van der Waals surface area contributed by atoms with E-state index in [9.17, 15) is 15.0 Å². The molecule has 0 unspecified atom stereocenters. The predicted octanol–water partition coefficient (Wildman–Crippen LogP) is -0.637. The fourth-order valence-electron chi connectivity index (χ4n) is 0.837. The van der Waals surface area contributed by atoms with Crippen molar-refractivity contribution in [2.24, 2.45) is 0 Å². The first-order chi connectivity index (χ1) is 6.41. The molecule has 2 N–H and O–H groups in total. The van der Waals surface area contributed by atoms with Crippen LogP contribution in [0.2, 0.25) is 0 Å². The molecular weight excluding hydrogens is 192 g/mol. The minimum Gasteiger partial charge on any atom is -0.466 e. The van der Waals surface area contributed by atoms with E-state index in [1.54, 1.807) is 0 Å². The summed E-state index contributed by atoms with van der Waals surface area (Å²) in [6.45, 7) is 4.44. The number of ether oxygens (including phenoxy) is 1. The van der Waals surface area contributed by atoms with Crippen LogP contribution in [0.5, 0.6) is 0 Å². The molecule has 0 saturated carbocycles. The number of methoxy groups -OCH3 is 1. The van der Waals surface area contributed by atoms with Gasteiger partial charge in [0, 0.05) is 0 Å². The van der Waals surface area contributed by atoms with Crippen LogP contribution in [0.25, 0.3) is 0 Å². The first-order valence-electron chi connectivity index (χ1n) is 3.80. The summed E-state index contributed by atoms with van der Waals surface area (Å²) in [4.78, 5) is 19.8. The van der Waals surface area contributed by atoms with Crippen molar-refractivity contribution in [3.8, 4) is 0 Å². The standard InChI is InChI=1S/C8H14O6/c1-5(9)8(11,7(10)12-3)6(2)14-13-4/h5,9,11H,2H2,1,3-4H3/t5-,8-/m1/s1. The fraction of sp³-hybridized carbons (Fsp3) is 0.625. The lowest BCUT2D eigenvalue weighted by Crippen LogP contribution is -2.50. The van der Waals surface area contributed by atoms with Gasteiger partial charge in [0.05, 0.1) is 20.3 Å². The van der Waals surface area contributed by atoms with Gasteiger partial charge in [0.25, 0.3) is 0 Å². The number of aliphatic hydroxyl groups is 2. The summed E-state index contributed by atoms with van der Waals surface area (Å²) >= 11 is 0. The number of aliphatic hydroxyl groups excluding tert-OH is 1. The molecule has 0 aliphatic carbocycles. The number of esters is 1. The van der Waals surface area contributed by atoms with Crippen LogP contribution in [0, 0.1) is 0 Å². The molecule has 0 radical (unpaired) electrons. The minimum atomic E-state index is -2.33. The van der Waals surface area contributed by atoms with Crippen molar-refractivity contribution in [1.29, 1.82) is 0 Å². The summed E-state index contributed by atoms with van der Waals surface area (Å²) in [6.07, 6.45) is -1.43. The molecule has 2 atom stereocenters. The Morgan fingerprint density at radius 3 is 2.29 bits per heavy atom. The summed E-state index contributed by atoms with van der Waals surface area (Å²) in [6, 6.07) is 0. The topological polar surface area (TPSA) is 85.2 Å². The molecule has 0 rings (SSSR count). The molecule has 6 nitrogen and oxygen atoms in total. The maximum Gasteiger partial charge on any atom is 0.348 e. The van der Waals surface area contributed by atoms with Gasteiger partial charge < -0.3 is 19.8 Å². The zero-order valence-electron chi connectivity index (χ0n) is 8.31. The van der Waals surface area contributed by atoms with Crippen molar-refractivity contribution in [3.63, 3.8) is 0 Å². The molecule has 0 aliphatic rings. The van der Waals surface area contributed by atoms with E-state index in [0.29, 0.717) is 0 Å². The van der Waals surface area contributed by atoms with E-state index in [2.05, 4.69) is 21.1 Å². The van der Waals surface area contributed by atoms with Gasteiger partial charge in [0.1, 0.15) is 0 Å². The van der Waals surface area contributed by atoms with Gasteiger partial charge in [0.15, 0.2) is 5.76 Å². The third-order valence-corrected chi connectivity index (χ3v) is 1.71. The maximum atomic E-state index is 11.2. The van der Waals surface area contributed by atoms with Crippen molar-refractivity contribution in [3.05, 3.63) is 12.3 Å². The minimum absolute atomic E-state index is 0.443. The number of hydrogen-bond donors (Lipinski definition) is 2. The van der Waals surface area contributed by atoms with Crippen molar-refractivity contribution in [2.75, 3.05) is 14.2 Å². The molecule has 82 valence electrons. The average Bonchev–Trinajstić information content (AvgIpc) is 2.15. The van der Waals surface area contributed by atoms with Crippen LogP contribution >= 0.6 is 0 Å². The molecule has 0 amide bonds. The third kappa shape index (κ3) is 2.22. The van der Waals surface area contributed by atoms with Gasteiger partial charge in [-0.25, -0.2) is 4.79 Å². The Kier molecular flexibility index (Phi) is 4.55. The molecule has 0 spiro atoms. The highest BCUT2D eigenvalue weighted by Crippen LogP contribution is 2.22. The van der Waals surface area contributed by atoms with Crippen LogP contribution in [-0.2, 0) is 19.3 Å². The Morgan fingerprint density at radius 1 is 1.50 bits per heavy atom. The summed E-state index contributed by atoms with van der Waals surface area (Å²) in [5.74, 6) is -1.52. The maximum absolute atomic E-state index is 11.2. The predicted molar refractivity (Wildman–Crippen MR) is 45.9 cm³/mol. The van der Waals surface area contributed by atoms with E-state index in [-0.39, 0.29) is 0 Å². The Morgan fingerprint density at radius 2 is 2.00 bits per heavy atom. The molecule has 0 aromatic carbocycles. The van der Waals surface area contributed by atoms with Crippen LogP contribution < -0.4 is 0 Å². The number of carbonyl (C=O) groups is 1. The normalized spacial score (nSPS) is 16.6. The fourth-order valence-corrected chi connectivity index (χ4v) is 0.837. The molecular formula is C8H14O6. The SMILES string of the molecule is C=C(OOC)[C@@](O)(C(=O)OC)[C@@H](C)O. The van der Waals surface area contributed by atoms with Crippen molar-refractivity contribution in [2.45, 2.75) is 18.6 Å². The number of carbonyl (C=O) groups excluding carboxylic acids is 1. The first-order valence-corrected chi connectivity index (χ1v) is 3.80. The molecule has 0 aromatic heterocycles. The van der Waals surface area contributed by atoms with E-state index in [4.69, 9.17) is 0 Å². The molecule has 0 saturated heterocycles. The second-order valence-corrected chi connectivity index (χ2v) is 2.61. The van der Waals surface area contributed by atoms with Crippen LogP contribution in [0.4, 0.5) is 0 Å². The smallest absolute Gasteiger partial charge is 0.348 e. The monoisotopic (exact) mass is 206 g/mol. The number of hydrogen-bond acceptors (Lipinski definition) is 6. The summed E-state index contributed by atoms with van der Waals surface area (Å²) in [5, 5.41) is 19.0. The largest absolute Gasteiger partial charge is 0.466 e. The third-order valence-electron chi connectivity index (χ3n) is 1.71. The summed E-state index contributed by atoms with van der Waals surface area (Å²) in [7, 11) is 2.24. The molecule has 14 heavy (non-hydrogen) atoms. The molecule has 0 fully saturated rings. The molecule has 0 aliphatic heterocycles. The Bertz CT molecular complexity index is 224. The summed E-state index contributed by atoms with van der Waals surface area (Å²) < 4.78 is 4.30. The van der Waals surface area contributed by atoms with Crippen LogP contribution in [0.1, 0.15) is 6.92 Å². The van der Waals surface area contributed by atoms with E-state index in [0.717, 1.165) is 7.11 Å².